The van der Waals surface area contributed by atoms with Crippen LogP contribution in [0, 0.1) is 5.82 Å². The SMILES string of the molecule is CC(O)(C(N)=O)c1ccccc1CCC12CCC3=Cc4c(cnn4-c4ccc(F)cc4)CC31O2. The molecule has 3 unspecified atom stereocenters. The number of rotatable bonds is 6. The van der Waals surface area contributed by atoms with Gasteiger partial charge in [-0.3, -0.25) is 4.79 Å². The summed E-state index contributed by atoms with van der Waals surface area (Å²) in [7, 11) is 0. The lowest BCUT2D eigenvalue weighted by molar-refractivity contribution is -0.135. The summed E-state index contributed by atoms with van der Waals surface area (Å²) in [6.45, 7) is 1.44. The molecule has 0 bridgehead atoms. The fourth-order valence-electron chi connectivity index (χ4n) is 5.92. The van der Waals surface area contributed by atoms with Gasteiger partial charge in [-0.15, -0.1) is 0 Å². The maximum absolute atomic E-state index is 13.4. The van der Waals surface area contributed by atoms with Crippen LogP contribution in [0.4, 0.5) is 4.39 Å². The molecule has 174 valence electrons. The number of primary amides is 1. The topological polar surface area (TPSA) is 93.7 Å². The van der Waals surface area contributed by atoms with E-state index in [9.17, 15) is 14.3 Å². The summed E-state index contributed by atoms with van der Waals surface area (Å²) in [6, 6.07) is 13.8. The molecule has 2 aromatic carbocycles. The van der Waals surface area contributed by atoms with Crippen LogP contribution in [0.1, 0.15) is 48.6 Å². The predicted molar refractivity (Wildman–Crippen MR) is 125 cm³/mol. The molecule has 1 saturated heterocycles. The van der Waals surface area contributed by atoms with Crippen molar-refractivity contribution in [2.45, 2.75) is 55.8 Å². The zero-order valence-corrected chi connectivity index (χ0v) is 18.9. The largest absolute Gasteiger partial charge is 0.376 e. The van der Waals surface area contributed by atoms with Crippen LogP contribution in [-0.4, -0.2) is 32.0 Å². The Bertz CT molecular complexity index is 1340. The molecule has 6 rings (SSSR count). The molecular weight excluding hydrogens is 433 g/mol. The van der Waals surface area contributed by atoms with Gasteiger partial charge in [0.25, 0.3) is 5.91 Å². The summed E-state index contributed by atoms with van der Waals surface area (Å²) in [5.41, 5.74) is 8.90. The molecule has 3 aliphatic rings. The Morgan fingerprint density at radius 3 is 2.79 bits per heavy atom. The second kappa shape index (κ2) is 7.10. The molecule has 1 amide bonds. The molecule has 3 N–H and O–H groups in total. The Labute approximate surface area is 196 Å². The first-order chi connectivity index (χ1) is 16.3. The molecule has 7 heteroatoms. The molecular formula is C27H26FN3O3. The molecule has 2 heterocycles. The van der Waals surface area contributed by atoms with Gasteiger partial charge in [0.2, 0.25) is 0 Å². The van der Waals surface area contributed by atoms with Crippen molar-refractivity contribution >= 4 is 12.0 Å². The molecule has 2 aliphatic carbocycles. The predicted octanol–water partition coefficient (Wildman–Crippen LogP) is 3.58. The van der Waals surface area contributed by atoms with E-state index in [1.807, 2.05) is 29.1 Å². The van der Waals surface area contributed by atoms with Crippen molar-refractivity contribution in [2.75, 3.05) is 0 Å². The monoisotopic (exact) mass is 459 g/mol. The summed E-state index contributed by atoms with van der Waals surface area (Å²) in [6.07, 6.45) is 8.18. The van der Waals surface area contributed by atoms with Crippen molar-refractivity contribution in [2.24, 2.45) is 5.73 Å². The first kappa shape index (κ1) is 21.3. The highest BCUT2D eigenvalue weighted by Gasteiger charge is 2.74. The fourth-order valence-corrected chi connectivity index (χ4v) is 5.92. The number of epoxide rings is 1. The minimum absolute atomic E-state index is 0.250. The minimum Gasteiger partial charge on any atom is -0.376 e. The minimum atomic E-state index is -1.72. The van der Waals surface area contributed by atoms with E-state index in [1.165, 1.54) is 24.6 Å². The number of aliphatic hydroxyl groups is 1. The summed E-state index contributed by atoms with van der Waals surface area (Å²) >= 11 is 0. The average Bonchev–Trinajstić information content (AvgIpc) is 3.09. The third kappa shape index (κ3) is 2.93. The Morgan fingerprint density at radius 2 is 2.03 bits per heavy atom. The third-order valence-corrected chi connectivity index (χ3v) is 7.91. The van der Waals surface area contributed by atoms with E-state index in [0.29, 0.717) is 12.0 Å². The van der Waals surface area contributed by atoms with E-state index >= 15 is 0 Å². The number of aryl methyl sites for hydroxylation is 1. The quantitative estimate of drug-likeness (QED) is 0.551. The summed E-state index contributed by atoms with van der Waals surface area (Å²) in [4.78, 5) is 11.8. The molecule has 1 saturated carbocycles. The first-order valence-electron chi connectivity index (χ1n) is 11.6. The van der Waals surface area contributed by atoms with E-state index in [2.05, 4.69) is 11.2 Å². The molecule has 3 aromatic rings. The van der Waals surface area contributed by atoms with Crippen molar-refractivity contribution in [3.63, 3.8) is 0 Å². The Morgan fingerprint density at radius 1 is 1.26 bits per heavy atom. The fraction of sp³-hybridized carbons (Fsp3) is 0.333. The molecule has 34 heavy (non-hydrogen) atoms. The normalized spacial score (nSPS) is 26.1. The maximum atomic E-state index is 13.4. The van der Waals surface area contributed by atoms with Gasteiger partial charge >= 0.3 is 0 Å². The second-order valence-corrected chi connectivity index (χ2v) is 9.81. The van der Waals surface area contributed by atoms with E-state index in [4.69, 9.17) is 10.5 Å². The van der Waals surface area contributed by atoms with E-state index in [1.54, 1.807) is 18.2 Å². The number of nitrogens with two attached hydrogens (primary N) is 1. The lowest BCUT2D eigenvalue weighted by Crippen LogP contribution is -2.39. The molecule has 1 spiro atoms. The van der Waals surface area contributed by atoms with Gasteiger partial charge in [-0.2, -0.15) is 5.10 Å². The lowest BCUT2D eigenvalue weighted by atomic mass is 9.80. The van der Waals surface area contributed by atoms with E-state index in [-0.39, 0.29) is 17.0 Å². The van der Waals surface area contributed by atoms with Crippen LogP contribution in [0.25, 0.3) is 11.8 Å². The number of carbonyl (C=O) groups excluding carboxylic acids is 1. The van der Waals surface area contributed by atoms with Crippen LogP contribution in [0.5, 0.6) is 0 Å². The maximum Gasteiger partial charge on any atom is 0.253 e. The van der Waals surface area contributed by atoms with Gasteiger partial charge in [-0.25, -0.2) is 9.07 Å². The van der Waals surface area contributed by atoms with Gasteiger partial charge in [0.15, 0.2) is 5.60 Å². The van der Waals surface area contributed by atoms with Crippen molar-refractivity contribution < 1.29 is 19.0 Å². The van der Waals surface area contributed by atoms with E-state index in [0.717, 1.165) is 48.2 Å². The molecule has 1 aromatic heterocycles. The lowest BCUT2D eigenvalue weighted by Gasteiger charge is -2.24. The number of hydrogen-bond donors (Lipinski definition) is 2. The van der Waals surface area contributed by atoms with Gasteiger partial charge < -0.3 is 15.6 Å². The van der Waals surface area contributed by atoms with Gasteiger partial charge in [0.05, 0.1) is 17.6 Å². The van der Waals surface area contributed by atoms with Gasteiger partial charge in [-0.1, -0.05) is 24.3 Å². The average molecular weight is 460 g/mol. The highest BCUT2D eigenvalue weighted by molar-refractivity contribution is 5.84. The standard InChI is InChI=1S/C27H26FN3O3/c1-25(33,24(29)32)22-5-3-2-4-17(22)10-12-26-13-11-19-14-23-18(15-27(19,26)34-26)16-30-31(23)21-8-6-20(28)7-9-21/h2-9,14,16,33H,10-13,15H2,1H3,(H2,29,32). The summed E-state index contributed by atoms with van der Waals surface area (Å²) in [5, 5.41) is 15.2. The van der Waals surface area contributed by atoms with Gasteiger partial charge in [0.1, 0.15) is 17.0 Å². The molecule has 6 nitrogen and oxygen atoms in total. The van der Waals surface area contributed by atoms with Crippen LogP contribution in [0.3, 0.4) is 0 Å². The van der Waals surface area contributed by atoms with Crippen LogP contribution >= 0.6 is 0 Å². The number of aromatic nitrogens is 2. The Hall–Kier alpha value is -3.29. The summed E-state index contributed by atoms with van der Waals surface area (Å²) in [5.74, 6) is -1.03. The van der Waals surface area contributed by atoms with Crippen molar-refractivity contribution in [1.29, 1.82) is 0 Å². The highest BCUT2D eigenvalue weighted by atomic mass is 19.1. The Balaban J connectivity index is 1.26. The van der Waals surface area contributed by atoms with Crippen molar-refractivity contribution in [1.82, 2.24) is 9.78 Å². The van der Waals surface area contributed by atoms with Gasteiger partial charge in [0, 0.05) is 12.0 Å². The second-order valence-electron chi connectivity index (χ2n) is 9.81. The van der Waals surface area contributed by atoms with E-state index < -0.39 is 11.5 Å². The molecule has 2 fully saturated rings. The van der Waals surface area contributed by atoms with Crippen LogP contribution in [0.2, 0.25) is 0 Å². The third-order valence-electron chi connectivity index (χ3n) is 7.91. The van der Waals surface area contributed by atoms with Crippen molar-refractivity contribution in [3.05, 3.63) is 88.5 Å². The molecule has 1 aliphatic heterocycles. The van der Waals surface area contributed by atoms with Crippen LogP contribution in [0.15, 0.2) is 60.3 Å². The smallest absolute Gasteiger partial charge is 0.253 e. The number of fused-ring (bicyclic) bond motifs is 1. The zero-order valence-electron chi connectivity index (χ0n) is 18.9. The summed E-state index contributed by atoms with van der Waals surface area (Å²) < 4.78 is 21.7. The van der Waals surface area contributed by atoms with Crippen LogP contribution < -0.4 is 5.73 Å². The van der Waals surface area contributed by atoms with Gasteiger partial charge in [-0.05, 0) is 79.6 Å². The number of benzene rings is 2. The Kier molecular flexibility index (Phi) is 4.44. The molecule has 0 radical (unpaired) electrons. The number of amides is 1. The zero-order chi connectivity index (χ0) is 23.7. The van der Waals surface area contributed by atoms with Crippen LogP contribution in [-0.2, 0) is 28.0 Å². The number of halogens is 1. The number of ether oxygens (including phenoxy) is 1. The number of nitrogens with zero attached hydrogens (tertiary/aromatic N) is 2. The van der Waals surface area contributed by atoms with Crippen molar-refractivity contribution in [3.8, 4) is 5.69 Å². The highest BCUT2D eigenvalue weighted by Crippen LogP contribution is 2.67. The number of hydrogen-bond acceptors (Lipinski definition) is 4. The first-order valence-corrected chi connectivity index (χ1v) is 11.6. The molecule has 3 atom stereocenters. The number of carbonyl (C=O) groups is 1.